The number of methoxy groups -OCH3 is 1. The fourth-order valence-electron chi connectivity index (χ4n) is 1.90. The van der Waals surface area contributed by atoms with Crippen LogP contribution in [0.15, 0.2) is 47.1 Å². The average Bonchev–Trinajstić information content (AvgIpc) is 2.96. The fourth-order valence-corrected chi connectivity index (χ4v) is 1.90. The van der Waals surface area contributed by atoms with E-state index in [1.54, 1.807) is 31.6 Å². The normalized spacial score (nSPS) is 11.1. The molecule has 2 rings (SSSR count). The van der Waals surface area contributed by atoms with Crippen molar-refractivity contribution in [3.63, 3.8) is 0 Å². The highest BCUT2D eigenvalue weighted by Crippen LogP contribution is 2.23. The van der Waals surface area contributed by atoms with Gasteiger partial charge in [-0.25, -0.2) is 4.79 Å². The Kier molecular flexibility index (Phi) is 4.75. The van der Waals surface area contributed by atoms with Crippen molar-refractivity contribution in [1.82, 2.24) is 0 Å². The maximum absolute atomic E-state index is 12.5. The maximum atomic E-state index is 12.5. The number of carbonyl (C=O) groups is 1. The molecule has 0 fully saturated rings. The number of ether oxygens (including phenoxy) is 2. The van der Waals surface area contributed by atoms with Gasteiger partial charge in [0.2, 0.25) is 0 Å². The molecule has 1 aromatic heterocycles. The second-order valence-corrected chi connectivity index (χ2v) is 5.84. The number of amides is 1. The van der Waals surface area contributed by atoms with Crippen molar-refractivity contribution >= 4 is 11.8 Å². The first-order chi connectivity index (χ1) is 10.4. The van der Waals surface area contributed by atoms with Crippen molar-refractivity contribution in [2.45, 2.75) is 32.9 Å². The highest BCUT2D eigenvalue weighted by Gasteiger charge is 2.24. The summed E-state index contributed by atoms with van der Waals surface area (Å²) in [5.41, 5.74) is 0.150. The van der Waals surface area contributed by atoms with Crippen LogP contribution in [0.25, 0.3) is 0 Å². The second-order valence-electron chi connectivity index (χ2n) is 5.84. The summed E-state index contributed by atoms with van der Waals surface area (Å²) in [6.45, 7) is 5.81. The Bertz CT molecular complexity index is 597. The van der Waals surface area contributed by atoms with Gasteiger partial charge >= 0.3 is 6.09 Å². The second kappa shape index (κ2) is 6.56. The molecular weight excluding hydrogens is 282 g/mol. The van der Waals surface area contributed by atoms with Gasteiger partial charge in [-0.1, -0.05) is 0 Å². The number of hydrogen-bond donors (Lipinski definition) is 0. The largest absolute Gasteiger partial charge is 0.497 e. The predicted molar refractivity (Wildman–Crippen MR) is 84.1 cm³/mol. The molecule has 0 saturated heterocycles. The van der Waals surface area contributed by atoms with Crippen LogP contribution in [0.5, 0.6) is 5.75 Å². The van der Waals surface area contributed by atoms with E-state index in [1.165, 1.54) is 4.90 Å². The first kappa shape index (κ1) is 15.9. The molecule has 0 unspecified atom stereocenters. The van der Waals surface area contributed by atoms with E-state index in [4.69, 9.17) is 13.9 Å². The summed E-state index contributed by atoms with van der Waals surface area (Å²) < 4.78 is 16.0. The van der Waals surface area contributed by atoms with Crippen LogP contribution < -0.4 is 9.64 Å². The molecule has 1 heterocycles. The van der Waals surface area contributed by atoms with Gasteiger partial charge in [-0.3, -0.25) is 4.90 Å². The third-order valence-corrected chi connectivity index (χ3v) is 2.89. The molecule has 2 aromatic rings. The number of nitrogens with zero attached hydrogens (tertiary/aromatic N) is 1. The first-order valence-electron chi connectivity index (χ1n) is 7.06. The molecule has 0 aliphatic carbocycles. The van der Waals surface area contributed by atoms with E-state index >= 15 is 0 Å². The Balaban J connectivity index is 2.25. The monoisotopic (exact) mass is 303 g/mol. The van der Waals surface area contributed by atoms with Gasteiger partial charge in [-0.2, -0.15) is 0 Å². The highest BCUT2D eigenvalue weighted by molar-refractivity contribution is 5.87. The van der Waals surface area contributed by atoms with Crippen LogP contribution in [-0.2, 0) is 11.3 Å². The van der Waals surface area contributed by atoms with Gasteiger partial charge in [0, 0.05) is 5.69 Å². The number of carbonyl (C=O) groups excluding carboxylic acids is 1. The summed E-state index contributed by atoms with van der Waals surface area (Å²) in [6, 6.07) is 10.8. The van der Waals surface area contributed by atoms with Gasteiger partial charge < -0.3 is 13.9 Å². The van der Waals surface area contributed by atoms with Crippen molar-refractivity contribution < 1.29 is 18.7 Å². The molecule has 118 valence electrons. The Morgan fingerprint density at radius 1 is 1.18 bits per heavy atom. The van der Waals surface area contributed by atoms with Crippen molar-refractivity contribution in [2.75, 3.05) is 12.0 Å². The third kappa shape index (κ3) is 4.28. The van der Waals surface area contributed by atoms with Crippen molar-refractivity contribution in [3.8, 4) is 5.75 Å². The minimum absolute atomic E-state index is 0.300. The zero-order valence-corrected chi connectivity index (χ0v) is 13.3. The zero-order valence-electron chi connectivity index (χ0n) is 13.3. The molecule has 0 radical (unpaired) electrons. The molecule has 1 aromatic carbocycles. The molecule has 0 aliphatic heterocycles. The number of rotatable bonds is 4. The molecule has 0 atom stereocenters. The lowest BCUT2D eigenvalue weighted by Crippen LogP contribution is -2.36. The Hall–Kier alpha value is -2.43. The van der Waals surface area contributed by atoms with Crippen molar-refractivity contribution in [3.05, 3.63) is 48.4 Å². The SMILES string of the molecule is COc1ccc(N(Cc2ccco2)C(=O)OC(C)(C)C)cc1. The molecular formula is C17H21NO4. The van der Waals surface area contributed by atoms with Crippen LogP contribution in [0.4, 0.5) is 10.5 Å². The molecule has 1 amide bonds. The van der Waals surface area contributed by atoms with Gasteiger partial charge in [-0.05, 0) is 57.2 Å². The highest BCUT2D eigenvalue weighted by atomic mass is 16.6. The third-order valence-electron chi connectivity index (χ3n) is 2.89. The fraction of sp³-hybridized carbons (Fsp3) is 0.353. The van der Waals surface area contributed by atoms with Crippen LogP contribution >= 0.6 is 0 Å². The lowest BCUT2D eigenvalue weighted by atomic mass is 10.2. The van der Waals surface area contributed by atoms with Crippen LogP contribution in [0, 0.1) is 0 Å². The molecule has 5 nitrogen and oxygen atoms in total. The number of anilines is 1. The van der Waals surface area contributed by atoms with Crippen molar-refractivity contribution in [2.24, 2.45) is 0 Å². The lowest BCUT2D eigenvalue weighted by molar-refractivity contribution is 0.0575. The van der Waals surface area contributed by atoms with E-state index in [2.05, 4.69) is 0 Å². The first-order valence-corrected chi connectivity index (χ1v) is 7.06. The molecule has 5 heteroatoms. The number of benzene rings is 1. The summed E-state index contributed by atoms with van der Waals surface area (Å²) in [7, 11) is 1.60. The van der Waals surface area contributed by atoms with Gasteiger partial charge in [0.15, 0.2) is 0 Å². The molecule has 22 heavy (non-hydrogen) atoms. The predicted octanol–water partition coefficient (Wildman–Crippen LogP) is 4.23. The summed E-state index contributed by atoms with van der Waals surface area (Å²) in [5.74, 6) is 1.41. The van der Waals surface area contributed by atoms with E-state index in [0.29, 0.717) is 18.0 Å². The van der Waals surface area contributed by atoms with Gasteiger partial charge in [-0.15, -0.1) is 0 Å². The Morgan fingerprint density at radius 3 is 2.36 bits per heavy atom. The Labute approximate surface area is 130 Å². The minimum atomic E-state index is -0.565. The van der Waals surface area contributed by atoms with Crippen molar-refractivity contribution in [1.29, 1.82) is 0 Å². The zero-order chi connectivity index (χ0) is 16.2. The molecule has 0 aliphatic rings. The van der Waals surface area contributed by atoms with E-state index in [1.807, 2.05) is 39.0 Å². The molecule has 0 N–H and O–H groups in total. The topological polar surface area (TPSA) is 51.9 Å². The van der Waals surface area contributed by atoms with E-state index in [0.717, 1.165) is 5.75 Å². The quantitative estimate of drug-likeness (QED) is 0.848. The van der Waals surface area contributed by atoms with Gasteiger partial charge in [0.25, 0.3) is 0 Å². The van der Waals surface area contributed by atoms with Gasteiger partial charge in [0.1, 0.15) is 17.1 Å². The summed E-state index contributed by atoms with van der Waals surface area (Å²) in [6.07, 6.45) is 1.16. The summed E-state index contributed by atoms with van der Waals surface area (Å²) in [4.78, 5) is 14.0. The minimum Gasteiger partial charge on any atom is -0.497 e. The Morgan fingerprint density at radius 2 is 1.86 bits per heavy atom. The van der Waals surface area contributed by atoms with Crippen LogP contribution in [0.3, 0.4) is 0 Å². The number of hydrogen-bond acceptors (Lipinski definition) is 4. The maximum Gasteiger partial charge on any atom is 0.415 e. The standard InChI is InChI=1S/C17H21NO4/c1-17(2,3)22-16(19)18(12-15-6-5-11-21-15)13-7-9-14(20-4)10-8-13/h5-11H,12H2,1-4H3. The smallest absolute Gasteiger partial charge is 0.415 e. The van der Waals surface area contributed by atoms with E-state index in [-0.39, 0.29) is 0 Å². The molecule has 0 spiro atoms. The molecule has 0 bridgehead atoms. The van der Waals surface area contributed by atoms with Crippen LogP contribution in [-0.4, -0.2) is 18.8 Å². The average molecular weight is 303 g/mol. The summed E-state index contributed by atoms with van der Waals surface area (Å²) >= 11 is 0. The van der Waals surface area contributed by atoms with Crippen LogP contribution in [0.1, 0.15) is 26.5 Å². The van der Waals surface area contributed by atoms with E-state index < -0.39 is 11.7 Å². The molecule has 0 saturated carbocycles. The van der Waals surface area contributed by atoms with Gasteiger partial charge in [0.05, 0.1) is 19.9 Å². The van der Waals surface area contributed by atoms with E-state index in [9.17, 15) is 4.79 Å². The van der Waals surface area contributed by atoms with Crippen LogP contribution in [0.2, 0.25) is 0 Å². The lowest BCUT2D eigenvalue weighted by Gasteiger charge is -2.27. The number of furan rings is 1. The summed E-state index contributed by atoms with van der Waals surface area (Å²) in [5, 5.41) is 0.